The first kappa shape index (κ1) is 18.8. The first-order valence-electron chi connectivity index (χ1n) is 7.44. The average molecular weight is 353 g/mol. The van der Waals surface area contributed by atoms with Crippen molar-refractivity contribution in [2.45, 2.75) is 18.3 Å². The maximum atomic E-state index is 13.8. The second-order valence-electron chi connectivity index (χ2n) is 5.24. The van der Waals surface area contributed by atoms with Crippen LogP contribution in [0.4, 0.5) is 13.2 Å². The summed E-state index contributed by atoms with van der Waals surface area (Å²) in [6.07, 6.45) is -4.94. The molecule has 7 heteroatoms. The average Bonchev–Trinajstić information content (AvgIpc) is 2.61. The van der Waals surface area contributed by atoms with Crippen LogP contribution in [0.25, 0.3) is 0 Å². The van der Waals surface area contributed by atoms with Crippen LogP contribution < -0.4 is 10.1 Å². The lowest BCUT2D eigenvalue weighted by molar-refractivity contribution is -0.265. The maximum absolute atomic E-state index is 13.8. The van der Waals surface area contributed by atoms with Crippen LogP contribution in [0.2, 0.25) is 0 Å². The number of carbonyl (C=O) groups excluding carboxylic acids is 1. The predicted octanol–water partition coefficient (Wildman–Crippen LogP) is 3.42. The number of benzene rings is 2. The topological polar surface area (TPSA) is 47.6 Å². The molecular formula is C18H18F3NO3. The minimum atomic E-state index is -4.94. The Labute approximate surface area is 143 Å². The summed E-state index contributed by atoms with van der Waals surface area (Å²) in [7, 11) is 2.31. The first-order valence-corrected chi connectivity index (χ1v) is 7.44. The molecule has 2 aromatic carbocycles. The van der Waals surface area contributed by atoms with Gasteiger partial charge in [0.05, 0.1) is 7.11 Å². The molecule has 2 aromatic rings. The van der Waals surface area contributed by atoms with Crippen molar-refractivity contribution in [1.82, 2.24) is 5.32 Å². The third kappa shape index (κ3) is 3.61. The van der Waals surface area contributed by atoms with E-state index < -0.39 is 17.7 Å². The highest BCUT2D eigenvalue weighted by atomic mass is 19.4. The van der Waals surface area contributed by atoms with Crippen molar-refractivity contribution in [2.75, 3.05) is 14.2 Å². The molecule has 2 rings (SSSR count). The van der Waals surface area contributed by atoms with Gasteiger partial charge in [-0.2, -0.15) is 13.2 Å². The minimum Gasteiger partial charge on any atom is -0.496 e. The van der Waals surface area contributed by atoms with Gasteiger partial charge in [0.1, 0.15) is 5.75 Å². The van der Waals surface area contributed by atoms with E-state index in [9.17, 15) is 18.0 Å². The van der Waals surface area contributed by atoms with Gasteiger partial charge in [0.25, 0.3) is 11.5 Å². The van der Waals surface area contributed by atoms with Gasteiger partial charge < -0.3 is 14.8 Å². The lowest BCUT2D eigenvalue weighted by atomic mass is 9.91. The SMILES string of the molecule is COc1ccccc1CNC(=O)C(OC)(c1ccccc1)C(F)(F)F. The molecule has 0 aliphatic carbocycles. The van der Waals surface area contributed by atoms with E-state index in [2.05, 4.69) is 5.32 Å². The summed E-state index contributed by atoms with van der Waals surface area (Å²) < 4.78 is 51.2. The fourth-order valence-corrected chi connectivity index (χ4v) is 2.57. The lowest BCUT2D eigenvalue weighted by Gasteiger charge is -2.33. The largest absolute Gasteiger partial charge is 0.496 e. The van der Waals surface area contributed by atoms with Crippen molar-refractivity contribution >= 4 is 5.91 Å². The van der Waals surface area contributed by atoms with Crippen LogP contribution in [0.3, 0.4) is 0 Å². The van der Waals surface area contributed by atoms with E-state index in [4.69, 9.17) is 9.47 Å². The molecule has 0 radical (unpaired) electrons. The van der Waals surface area contributed by atoms with Crippen molar-refractivity contribution in [3.63, 3.8) is 0 Å². The van der Waals surface area contributed by atoms with Gasteiger partial charge in [-0.25, -0.2) is 0 Å². The summed E-state index contributed by atoms with van der Waals surface area (Å²) in [6, 6.07) is 13.6. The molecule has 0 fully saturated rings. The summed E-state index contributed by atoms with van der Waals surface area (Å²) in [5, 5.41) is 2.31. The summed E-state index contributed by atoms with van der Waals surface area (Å²) >= 11 is 0. The Bertz CT molecular complexity index is 719. The first-order chi connectivity index (χ1) is 11.9. The molecule has 25 heavy (non-hydrogen) atoms. The number of rotatable bonds is 6. The quantitative estimate of drug-likeness (QED) is 0.866. The molecule has 0 heterocycles. The number of para-hydroxylation sites is 1. The van der Waals surface area contributed by atoms with Gasteiger partial charge in [-0.1, -0.05) is 48.5 Å². The number of methoxy groups -OCH3 is 2. The lowest BCUT2D eigenvalue weighted by Crippen LogP contribution is -2.55. The van der Waals surface area contributed by atoms with E-state index >= 15 is 0 Å². The third-order valence-electron chi connectivity index (χ3n) is 3.84. The Hall–Kier alpha value is -2.54. The normalized spacial score (nSPS) is 13.8. The van der Waals surface area contributed by atoms with Gasteiger partial charge in [-0.05, 0) is 6.07 Å². The van der Waals surface area contributed by atoms with Crippen molar-refractivity contribution < 1.29 is 27.4 Å². The zero-order valence-corrected chi connectivity index (χ0v) is 13.8. The van der Waals surface area contributed by atoms with Gasteiger partial charge in [-0.3, -0.25) is 4.79 Å². The molecule has 1 unspecified atom stereocenters. The molecule has 0 spiro atoms. The summed E-state index contributed by atoms with van der Waals surface area (Å²) in [5.74, 6) is -0.822. The number of carbonyl (C=O) groups is 1. The van der Waals surface area contributed by atoms with Crippen molar-refractivity contribution in [1.29, 1.82) is 0 Å². The number of alkyl halides is 3. The van der Waals surface area contributed by atoms with Gasteiger partial charge in [-0.15, -0.1) is 0 Å². The number of amides is 1. The highest BCUT2D eigenvalue weighted by molar-refractivity contribution is 5.87. The zero-order chi connectivity index (χ0) is 18.5. The second kappa shape index (κ2) is 7.57. The highest BCUT2D eigenvalue weighted by Crippen LogP contribution is 2.42. The minimum absolute atomic E-state index is 0.128. The van der Waals surface area contributed by atoms with E-state index in [1.165, 1.54) is 31.4 Å². The summed E-state index contributed by atoms with van der Waals surface area (Å²) in [6.45, 7) is -0.128. The number of halogens is 3. The van der Waals surface area contributed by atoms with E-state index in [0.29, 0.717) is 11.3 Å². The Morgan fingerprint density at radius 1 is 1.00 bits per heavy atom. The van der Waals surface area contributed by atoms with Gasteiger partial charge in [0.15, 0.2) is 0 Å². The predicted molar refractivity (Wildman–Crippen MR) is 86.0 cm³/mol. The van der Waals surface area contributed by atoms with Crippen LogP contribution >= 0.6 is 0 Å². The Morgan fingerprint density at radius 2 is 1.60 bits per heavy atom. The molecule has 0 saturated heterocycles. The fourth-order valence-electron chi connectivity index (χ4n) is 2.57. The molecule has 0 bridgehead atoms. The molecule has 1 atom stereocenters. The van der Waals surface area contributed by atoms with Crippen molar-refractivity contribution in [2.24, 2.45) is 0 Å². The Balaban J connectivity index is 2.34. The highest BCUT2D eigenvalue weighted by Gasteiger charge is 2.62. The summed E-state index contributed by atoms with van der Waals surface area (Å²) in [5.41, 5.74) is -2.82. The molecule has 4 nitrogen and oxygen atoms in total. The molecule has 0 aliphatic heterocycles. The Morgan fingerprint density at radius 3 is 2.16 bits per heavy atom. The monoisotopic (exact) mass is 353 g/mol. The molecule has 1 N–H and O–H groups in total. The van der Waals surface area contributed by atoms with Gasteiger partial charge >= 0.3 is 6.18 Å². The van der Waals surface area contributed by atoms with E-state index in [-0.39, 0.29) is 12.1 Å². The molecule has 0 aromatic heterocycles. The van der Waals surface area contributed by atoms with Crippen LogP contribution in [-0.4, -0.2) is 26.3 Å². The van der Waals surface area contributed by atoms with Crippen molar-refractivity contribution in [3.8, 4) is 5.75 Å². The third-order valence-corrected chi connectivity index (χ3v) is 3.84. The van der Waals surface area contributed by atoms with Gasteiger partial charge in [0, 0.05) is 24.8 Å². The van der Waals surface area contributed by atoms with E-state index in [0.717, 1.165) is 7.11 Å². The van der Waals surface area contributed by atoms with Crippen LogP contribution in [0.1, 0.15) is 11.1 Å². The summed E-state index contributed by atoms with van der Waals surface area (Å²) in [4.78, 5) is 12.5. The fraction of sp³-hybridized carbons (Fsp3) is 0.278. The molecular weight excluding hydrogens is 335 g/mol. The van der Waals surface area contributed by atoms with Crippen molar-refractivity contribution in [3.05, 3.63) is 65.7 Å². The number of hydrogen-bond acceptors (Lipinski definition) is 3. The van der Waals surface area contributed by atoms with Gasteiger partial charge in [0.2, 0.25) is 0 Å². The smallest absolute Gasteiger partial charge is 0.430 e. The second-order valence-corrected chi connectivity index (χ2v) is 5.24. The molecule has 1 amide bonds. The molecule has 0 aliphatic rings. The number of nitrogens with one attached hydrogen (secondary N) is 1. The number of hydrogen-bond donors (Lipinski definition) is 1. The Kier molecular flexibility index (Phi) is 5.69. The van der Waals surface area contributed by atoms with Crippen LogP contribution in [0.5, 0.6) is 5.75 Å². The zero-order valence-electron chi connectivity index (χ0n) is 13.8. The van der Waals surface area contributed by atoms with Crippen LogP contribution in [0, 0.1) is 0 Å². The number of ether oxygens (including phenoxy) is 2. The van der Waals surface area contributed by atoms with Crippen LogP contribution in [0.15, 0.2) is 54.6 Å². The maximum Gasteiger partial charge on any atom is 0.430 e. The molecule has 134 valence electrons. The molecule has 0 saturated carbocycles. The van der Waals surface area contributed by atoms with Crippen LogP contribution in [-0.2, 0) is 21.7 Å². The standard InChI is InChI=1S/C18H18F3NO3/c1-24-15-11-7-6-8-13(15)12-22-16(23)17(25-2,18(19,20)21)14-9-4-3-5-10-14/h3-11H,12H2,1-2H3,(H,22,23). The van der Waals surface area contributed by atoms with E-state index in [1.54, 1.807) is 30.3 Å². The van der Waals surface area contributed by atoms with E-state index in [1.807, 2.05) is 0 Å².